The van der Waals surface area contributed by atoms with Crippen molar-refractivity contribution in [3.63, 3.8) is 0 Å². The molecule has 1 aliphatic heterocycles. The first-order valence-corrected chi connectivity index (χ1v) is 12.0. The number of carbonyl (C=O) groups is 1. The Morgan fingerprint density at radius 3 is 2.46 bits per heavy atom. The zero-order valence-electron chi connectivity index (χ0n) is 16.5. The van der Waals surface area contributed by atoms with E-state index < -0.39 is 10.0 Å². The van der Waals surface area contributed by atoms with Crippen LogP contribution in [0.3, 0.4) is 0 Å². The van der Waals surface area contributed by atoms with E-state index in [2.05, 4.69) is 4.72 Å². The Labute approximate surface area is 167 Å². The highest BCUT2D eigenvalue weighted by Gasteiger charge is 2.41. The van der Waals surface area contributed by atoms with Crippen LogP contribution in [0.5, 0.6) is 5.75 Å². The molecule has 0 unspecified atom stereocenters. The second-order valence-corrected chi connectivity index (χ2v) is 10.2. The topological polar surface area (TPSA) is 75.7 Å². The van der Waals surface area contributed by atoms with Crippen molar-refractivity contribution in [1.29, 1.82) is 0 Å². The molecule has 1 aromatic rings. The summed E-state index contributed by atoms with van der Waals surface area (Å²) >= 11 is 0. The quantitative estimate of drug-likeness (QED) is 0.815. The molecular weight excluding hydrogens is 376 g/mol. The van der Waals surface area contributed by atoms with Crippen LogP contribution in [-0.4, -0.2) is 45.5 Å². The second-order valence-electron chi connectivity index (χ2n) is 8.47. The van der Waals surface area contributed by atoms with Crippen LogP contribution in [-0.2, 0) is 10.0 Å². The molecule has 3 fully saturated rings. The molecule has 2 aliphatic carbocycles. The minimum absolute atomic E-state index is 0.0237. The molecule has 1 saturated heterocycles. The summed E-state index contributed by atoms with van der Waals surface area (Å²) in [7, 11) is -2.15. The Morgan fingerprint density at radius 1 is 1.11 bits per heavy atom. The summed E-state index contributed by atoms with van der Waals surface area (Å²) in [6, 6.07) is 4.64. The van der Waals surface area contributed by atoms with E-state index in [9.17, 15) is 13.2 Å². The first-order valence-electron chi connectivity index (χ1n) is 10.5. The predicted octanol–water partition coefficient (Wildman–Crippen LogP) is 3.18. The fourth-order valence-corrected chi connectivity index (χ4v) is 6.47. The van der Waals surface area contributed by atoms with E-state index in [-0.39, 0.29) is 16.8 Å². The summed E-state index contributed by atoms with van der Waals surface area (Å²) in [6.07, 6.45) is 8.62. The monoisotopic (exact) mass is 406 g/mol. The van der Waals surface area contributed by atoms with Crippen molar-refractivity contribution in [2.45, 2.75) is 62.3 Å². The molecule has 1 heterocycles. The molecule has 6 nitrogen and oxygen atoms in total. The van der Waals surface area contributed by atoms with Crippen molar-refractivity contribution in [2.24, 2.45) is 11.8 Å². The van der Waals surface area contributed by atoms with Crippen LogP contribution in [0.25, 0.3) is 0 Å². The number of rotatable bonds is 5. The third-order valence-electron chi connectivity index (χ3n) is 6.65. The van der Waals surface area contributed by atoms with Gasteiger partial charge in [-0.2, -0.15) is 0 Å². The maximum Gasteiger partial charge on any atom is 0.257 e. The van der Waals surface area contributed by atoms with Gasteiger partial charge in [0.1, 0.15) is 5.75 Å². The number of hydrogen-bond donors (Lipinski definition) is 1. The highest BCUT2D eigenvalue weighted by atomic mass is 32.2. The highest BCUT2D eigenvalue weighted by Crippen LogP contribution is 2.44. The van der Waals surface area contributed by atoms with Gasteiger partial charge in [0.2, 0.25) is 10.0 Å². The number of hydrogen-bond acceptors (Lipinski definition) is 4. The smallest absolute Gasteiger partial charge is 0.257 e. The molecule has 3 atom stereocenters. The van der Waals surface area contributed by atoms with E-state index in [0.29, 0.717) is 36.2 Å². The van der Waals surface area contributed by atoms with Gasteiger partial charge in [0, 0.05) is 19.1 Å². The van der Waals surface area contributed by atoms with Gasteiger partial charge < -0.3 is 9.64 Å². The lowest BCUT2D eigenvalue weighted by Crippen LogP contribution is -2.38. The summed E-state index contributed by atoms with van der Waals surface area (Å²) < 4.78 is 34.3. The fraction of sp³-hybridized carbons (Fsp3) is 0.667. The number of carbonyl (C=O) groups excluding carboxylic acids is 1. The number of likely N-dealkylation sites (tertiary alicyclic amines) is 1. The van der Waals surface area contributed by atoms with Crippen molar-refractivity contribution < 1.29 is 17.9 Å². The van der Waals surface area contributed by atoms with Gasteiger partial charge in [0.05, 0.1) is 17.6 Å². The molecule has 0 spiro atoms. The summed E-state index contributed by atoms with van der Waals surface area (Å²) in [5.74, 6) is 1.40. The minimum Gasteiger partial charge on any atom is -0.496 e. The molecule has 3 aliphatic rings. The molecule has 4 rings (SSSR count). The van der Waals surface area contributed by atoms with Crippen molar-refractivity contribution in [2.75, 3.05) is 20.2 Å². The number of sulfonamides is 1. The summed E-state index contributed by atoms with van der Waals surface area (Å²) in [4.78, 5) is 15.1. The van der Waals surface area contributed by atoms with Crippen molar-refractivity contribution in [1.82, 2.24) is 9.62 Å². The van der Waals surface area contributed by atoms with Gasteiger partial charge in [-0.25, -0.2) is 13.1 Å². The molecule has 0 aromatic heterocycles. The van der Waals surface area contributed by atoms with Crippen LogP contribution in [0, 0.1) is 11.8 Å². The number of benzene rings is 1. The summed E-state index contributed by atoms with van der Waals surface area (Å²) in [5.41, 5.74) is 0.334. The van der Waals surface area contributed by atoms with Crippen LogP contribution >= 0.6 is 0 Å². The van der Waals surface area contributed by atoms with Gasteiger partial charge >= 0.3 is 0 Å². The van der Waals surface area contributed by atoms with Gasteiger partial charge in [-0.15, -0.1) is 0 Å². The molecule has 2 saturated carbocycles. The van der Waals surface area contributed by atoms with E-state index in [1.165, 1.54) is 25.7 Å². The summed E-state index contributed by atoms with van der Waals surface area (Å²) in [5, 5.41) is 0. The number of fused-ring (bicyclic) bond motifs is 2. The number of amides is 1. The maximum atomic E-state index is 13.1. The van der Waals surface area contributed by atoms with Gasteiger partial charge in [-0.3, -0.25) is 4.79 Å². The molecule has 7 heteroatoms. The predicted molar refractivity (Wildman–Crippen MR) is 107 cm³/mol. The lowest BCUT2D eigenvalue weighted by Gasteiger charge is -2.24. The fourth-order valence-electron chi connectivity index (χ4n) is 5.12. The normalized spacial score (nSPS) is 27.6. The molecule has 154 valence electrons. The number of methoxy groups -OCH3 is 1. The minimum atomic E-state index is -3.66. The first kappa shape index (κ1) is 19.7. The third kappa shape index (κ3) is 3.92. The van der Waals surface area contributed by atoms with Crippen molar-refractivity contribution >= 4 is 15.9 Å². The number of ether oxygens (including phenoxy) is 1. The molecule has 1 aromatic carbocycles. The van der Waals surface area contributed by atoms with E-state index in [0.717, 1.165) is 44.9 Å². The summed E-state index contributed by atoms with van der Waals surface area (Å²) in [6.45, 7) is 1.42. The van der Waals surface area contributed by atoms with Crippen LogP contribution in [0.1, 0.15) is 61.7 Å². The van der Waals surface area contributed by atoms with Gasteiger partial charge in [0.15, 0.2) is 0 Å². The van der Waals surface area contributed by atoms with E-state index in [1.54, 1.807) is 6.07 Å². The van der Waals surface area contributed by atoms with Gasteiger partial charge in [-0.05, 0) is 62.1 Å². The standard InChI is InChI=1S/C21H30N2O4S/c1-27-20-9-8-17(14-18(20)21(24)23-10-4-2-3-5-11-23)28(25,26)22-19-13-15-6-7-16(19)12-15/h8-9,14-16,19,22H,2-7,10-13H2,1H3/t15-,16-,19+/m1/s1. The zero-order valence-corrected chi connectivity index (χ0v) is 17.3. The molecular formula is C21H30N2O4S. The number of nitrogens with one attached hydrogen (secondary N) is 1. The largest absolute Gasteiger partial charge is 0.496 e. The molecule has 28 heavy (non-hydrogen) atoms. The average molecular weight is 407 g/mol. The van der Waals surface area contributed by atoms with E-state index in [4.69, 9.17) is 4.74 Å². The van der Waals surface area contributed by atoms with Crippen LogP contribution in [0.15, 0.2) is 23.1 Å². The van der Waals surface area contributed by atoms with Crippen molar-refractivity contribution in [3.05, 3.63) is 23.8 Å². The van der Waals surface area contributed by atoms with Crippen LogP contribution in [0.4, 0.5) is 0 Å². The Bertz CT molecular complexity index is 831. The van der Waals surface area contributed by atoms with Crippen molar-refractivity contribution in [3.8, 4) is 5.75 Å². The average Bonchev–Trinajstić information content (AvgIpc) is 3.19. The Kier molecular flexibility index (Phi) is 5.65. The second kappa shape index (κ2) is 8.03. The Morgan fingerprint density at radius 2 is 1.86 bits per heavy atom. The molecule has 0 radical (unpaired) electrons. The zero-order chi connectivity index (χ0) is 19.7. The third-order valence-corrected chi connectivity index (χ3v) is 8.14. The van der Waals surface area contributed by atoms with Gasteiger partial charge in [0.25, 0.3) is 5.91 Å². The lowest BCUT2D eigenvalue weighted by molar-refractivity contribution is 0.0758. The lowest BCUT2D eigenvalue weighted by atomic mass is 9.96. The highest BCUT2D eigenvalue weighted by molar-refractivity contribution is 7.89. The Hall–Kier alpha value is -1.60. The maximum absolute atomic E-state index is 13.1. The van der Waals surface area contributed by atoms with Gasteiger partial charge in [-0.1, -0.05) is 19.3 Å². The van der Waals surface area contributed by atoms with E-state index >= 15 is 0 Å². The molecule has 1 amide bonds. The Balaban J connectivity index is 1.57. The SMILES string of the molecule is COc1ccc(S(=O)(=O)N[C@H]2C[C@@H]3CC[C@@H]2C3)cc1C(=O)N1CCCCCC1. The molecule has 1 N–H and O–H groups in total. The number of nitrogens with zero attached hydrogens (tertiary/aromatic N) is 1. The first-order chi connectivity index (χ1) is 13.5. The molecule has 2 bridgehead atoms. The van der Waals surface area contributed by atoms with Crippen LogP contribution < -0.4 is 9.46 Å². The van der Waals surface area contributed by atoms with E-state index in [1.807, 2.05) is 4.90 Å². The van der Waals surface area contributed by atoms with Crippen LogP contribution in [0.2, 0.25) is 0 Å².